The number of nitrogens with zero attached hydrogens (tertiary/aromatic N) is 2. The van der Waals surface area contributed by atoms with Gasteiger partial charge in [-0.1, -0.05) is 11.8 Å². The lowest BCUT2D eigenvalue weighted by Crippen LogP contribution is -2.24. The number of aromatic nitrogens is 2. The van der Waals surface area contributed by atoms with Crippen molar-refractivity contribution in [3.63, 3.8) is 0 Å². The first-order valence-electron chi connectivity index (χ1n) is 6.97. The maximum absolute atomic E-state index is 12.7. The number of thioether (sulfide) groups is 1. The molecule has 1 aliphatic rings. The minimum Gasteiger partial charge on any atom is -0.480 e. The highest BCUT2D eigenvalue weighted by atomic mass is 32.2. The van der Waals surface area contributed by atoms with E-state index in [1.54, 1.807) is 22.8 Å². The highest BCUT2D eigenvalue weighted by Crippen LogP contribution is 2.35. The van der Waals surface area contributed by atoms with Crippen LogP contribution in [0.15, 0.2) is 9.95 Å². The summed E-state index contributed by atoms with van der Waals surface area (Å²) in [4.78, 5) is 30.4. The quantitative estimate of drug-likeness (QED) is 0.691. The minimum atomic E-state index is -0.898. The fraction of sp³-hybridized carbons (Fsp3) is 0.500. The van der Waals surface area contributed by atoms with Gasteiger partial charge >= 0.3 is 5.97 Å². The largest absolute Gasteiger partial charge is 0.480 e. The number of carboxylic acids is 1. The summed E-state index contributed by atoms with van der Waals surface area (Å²) >= 11 is 2.72. The molecule has 0 spiro atoms. The van der Waals surface area contributed by atoms with Crippen molar-refractivity contribution in [2.75, 3.05) is 0 Å². The third-order valence-electron chi connectivity index (χ3n) is 3.74. The highest BCUT2D eigenvalue weighted by Gasteiger charge is 2.24. The smallest absolute Gasteiger partial charge is 0.316 e. The van der Waals surface area contributed by atoms with E-state index in [-0.39, 0.29) is 5.56 Å². The molecular weight excluding hydrogens is 308 g/mol. The van der Waals surface area contributed by atoms with Gasteiger partial charge in [-0.15, -0.1) is 11.3 Å². The molecule has 0 saturated carbocycles. The van der Waals surface area contributed by atoms with E-state index < -0.39 is 11.2 Å². The second-order valence-electron chi connectivity index (χ2n) is 5.08. The molecule has 7 heteroatoms. The molecule has 2 aromatic heterocycles. The summed E-state index contributed by atoms with van der Waals surface area (Å²) in [6.07, 6.45) is 3.08. The van der Waals surface area contributed by atoms with Crippen LogP contribution in [0.4, 0.5) is 0 Å². The van der Waals surface area contributed by atoms with Crippen LogP contribution in [-0.2, 0) is 24.2 Å². The number of thiophene rings is 1. The van der Waals surface area contributed by atoms with Crippen LogP contribution in [0.25, 0.3) is 10.2 Å². The van der Waals surface area contributed by atoms with Crippen molar-refractivity contribution in [2.24, 2.45) is 0 Å². The lowest BCUT2D eigenvalue weighted by Gasteiger charge is -2.12. The molecule has 2 aromatic rings. The fourth-order valence-electron chi connectivity index (χ4n) is 2.64. The molecule has 0 aliphatic heterocycles. The summed E-state index contributed by atoms with van der Waals surface area (Å²) < 4.78 is 1.60. The molecule has 3 rings (SSSR count). The Kier molecular flexibility index (Phi) is 3.79. The van der Waals surface area contributed by atoms with Crippen LogP contribution in [0, 0.1) is 0 Å². The van der Waals surface area contributed by atoms with Gasteiger partial charge in [0.2, 0.25) is 0 Å². The molecule has 5 nitrogen and oxygen atoms in total. The van der Waals surface area contributed by atoms with Crippen molar-refractivity contribution in [3.8, 4) is 0 Å². The Labute approximate surface area is 130 Å². The lowest BCUT2D eigenvalue weighted by molar-refractivity contribution is -0.136. The minimum absolute atomic E-state index is 0.0259. The Morgan fingerprint density at radius 2 is 2.29 bits per heavy atom. The summed E-state index contributed by atoms with van der Waals surface area (Å²) in [5.74, 6) is -0.898. The average Bonchev–Trinajstić information content (AvgIpc) is 2.98. The van der Waals surface area contributed by atoms with Crippen LogP contribution >= 0.6 is 23.1 Å². The second-order valence-corrected chi connectivity index (χ2v) is 7.47. The highest BCUT2D eigenvalue weighted by molar-refractivity contribution is 8.00. The summed E-state index contributed by atoms with van der Waals surface area (Å²) in [6.45, 7) is 4.00. The molecule has 1 aliphatic carbocycles. The van der Waals surface area contributed by atoms with Crippen molar-refractivity contribution < 1.29 is 9.90 Å². The fourth-order valence-corrected chi connectivity index (χ4v) is 4.85. The van der Waals surface area contributed by atoms with Gasteiger partial charge < -0.3 is 5.11 Å². The van der Waals surface area contributed by atoms with Crippen molar-refractivity contribution in [1.29, 1.82) is 0 Å². The SMILES string of the molecule is CCn1c(S[C@@H](C)C(=O)O)nc2sc3c(c2c1=O)CCC3. The van der Waals surface area contributed by atoms with Gasteiger partial charge in [0.05, 0.1) is 5.39 Å². The topological polar surface area (TPSA) is 72.2 Å². The standard InChI is InChI=1S/C14H16N2O3S2/c1-3-16-12(17)10-8-5-4-6-9(8)21-11(10)15-14(16)20-7(2)13(18)19/h7H,3-6H2,1-2H3,(H,18,19)/t7-/m0/s1. The number of fused-ring (bicyclic) bond motifs is 3. The van der Waals surface area contributed by atoms with E-state index in [1.165, 1.54) is 4.88 Å². The Bertz CT molecular complexity index is 779. The zero-order valence-electron chi connectivity index (χ0n) is 11.9. The molecule has 1 atom stereocenters. The van der Waals surface area contributed by atoms with E-state index in [9.17, 15) is 9.59 Å². The number of carbonyl (C=O) groups is 1. The number of rotatable bonds is 4. The second kappa shape index (κ2) is 5.46. The molecule has 112 valence electrons. The number of aryl methyl sites for hydroxylation is 2. The normalized spacial score (nSPS) is 15.3. The Morgan fingerprint density at radius 3 is 2.95 bits per heavy atom. The van der Waals surface area contributed by atoms with E-state index in [0.717, 1.165) is 46.8 Å². The van der Waals surface area contributed by atoms with Crippen molar-refractivity contribution in [2.45, 2.75) is 50.1 Å². The van der Waals surface area contributed by atoms with Gasteiger partial charge in [-0.05, 0) is 38.7 Å². The first-order valence-corrected chi connectivity index (χ1v) is 8.67. The van der Waals surface area contributed by atoms with E-state index in [1.807, 2.05) is 6.92 Å². The Balaban J connectivity index is 2.18. The zero-order valence-corrected chi connectivity index (χ0v) is 13.5. The van der Waals surface area contributed by atoms with E-state index in [4.69, 9.17) is 5.11 Å². The third-order valence-corrected chi connectivity index (χ3v) is 6.00. The molecule has 1 N–H and O–H groups in total. The van der Waals surface area contributed by atoms with Crippen molar-refractivity contribution in [1.82, 2.24) is 9.55 Å². The number of hydrogen-bond acceptors (Lipinski definition) is 5. The zero-order chi connectivity index (χ0) is 15.1. The molecular formula is C14H16N2O3S2. The maximum Gasteiger partial charge on any atom is 0.316 e. The summed E-state index contributed by atoms with van der Waals surface area (Å²) in [6, 6.07) is 0. The van der Waals surface area contributed by atoms with Gasteiger partial charge in [-0.2, -0.15) is 0 Å². The van der Waals surface area contributed by atoms with Crippen LogP contribution in [0.2, 0.25) is 0 Å². The first-order chi connectivity index (χ1) is 10.0. The first kappa shape index (κ1) is 14.6. The Morgan fingerprint density at radius 1 is 1.52 bits per heavy atom. The summed E-state index contributed by atoms with van der Waals surface area (Å²) in [7, 11) is 0. The average molecular weight is 324 g/mol. The number of carboxylic acid groups (broad SMARTS) is 1. The molecule has 0 fully saturated rings. The molecule has 0 bridgehead atoms. The van der Waals surface area contributed by atoms with E-state index in [2.05, 4.69) is 4.98 Å². The molecule has 0 aromatic carbocycles. The number of hydrogen-bond donors (Lipinski definition) is 1. The van der Waals surface area contributed by atoms with Crippen LogP contribution in [0.3, 0.4) is 0 Å². The molecule has 0 amide bonds. The van der Waals surface area contributed by atoms with Gasteiger partial charge in [-0.25, -0.2) is 4.98 Å². The summed E-state index contributed by atoms with van der Waals surface area (Å²) in [5.41, 5.74) is 1.14. The Hall–Kier alpha value is -1.34. The van der Waals surface area contributed by atoms with Gasteiger partial charge in [-0.3, -0.25) is 14.2 Å². The molecule has 2 heterocycles. The van der Waals surface area contributed by atoms with Crippen LogP contribution < -0.4 is 5.56 Å². The molecule has 0 radical (unpaired) electrons. The van der Waals surface area contributed by atoms with Crippen LogP contribution in [0.1, 0.15) is 30.7 Å². The third kappa shape index (κ3) is 2.38. The van der Waals surface area contributed by atoms with Gasteiger partial charge in [0.1, 0.15) is 10.1 Å². The molecule has 0 unspecified atom stereocenters. The summed E-state index contributed by atoms with van der Waals surface area (Å²) in [5, 5.41) is 9.68. The van der Waals surface area contributed by atoms with E-state index >= 15 is 0 Å². The predicted octanol–water partition coefficient (Wildman–Crippen LogP) is 2.53. The van der Waals surface area contributed by atoms with Crippen molar-refractivity contribution >= 4 is 39.3 Å². The van der Waals surface area contributed by atoms with Gasteiger partial charge in [0.25, 0.3) is 5.56 Å². The maximum atomic E-state index is 12.7. The molecule has 21 heavy (non-hydrogen) atoms. The number of aliphatic carboxylic acids is 1. The predicted molar refractivity (Wildman–Crippen MR) is 84.5 cm³/mol. The van der Waals surface area contributed by atoms with Gasteiger partial charge in [0.15, 0.2) is 5.16 Å². The lowest BCUT2D eigenvalue weighted by atomic mass is 10.2. The van der Waals surface area contributed by atoms with Gasteiger partial charge in [0, 0.05) is 11.4 Å². The van der Waals surface area contributed by atoms with Crippen molar-refractivity contribution in [3.05, 3.63) is 20.8 Å². The van der Waals surface area contributed by atoms with Crippen LogP contribution in [0.5, 0.6) is 0 Å². The van der Waals surface area contributed by atoms with E-state index in [0.29, 0.717) is 11.7 Å². The monoisotopic (exact) mass is 324 g/mol. The molecule has 0 saturated heterocycles. The van der Waals surface area contributed by atoms with Crippen LogP contribution in [-0.4, -0.2) is 25.9 Å².